The molecule has 3 atom stereocenters. The first-order chi connectivity index (χ1) is 36.9. The van der Waals surface area contributed by atoms with Crippen molar-refractivity contribution in [3.8, 4) is 16.2 Å². The zero-order valence-corrected chi connectivity index (χ0v) is 46.2. The van der Waals surface area contributed by atoms with E-state index in [4.69, 9.17) is 16.3 Å². The van der Waals surface area contributed by atoms with E-state index in [0.717, 1.165) is 86.2 Å². The highest BCUT2D eigenvalue weighted by Crippen LogP contribution is 2.34. The largest absolute Gasteiger partial charge is 0.494 e. The van der Waals surface area contributed by atoms with Gasteiger partial charge in [0.05, 0.1) is 45.5 Å². The van der Waals surface area contributed by atoms with Gasteiger partial charge in [-0.05, 0) is 73.4 Å². The van der Waals surface area contributed by atoms with E-state index in [0.29, 0.717) is 53.2 Å². The monoisotopic (exact) mass is 1090 g/mol. The predicted molar refractivity (Wildman–Crippen MR) is 299 cm³/mol. The van der Waals surface area contributed by atoms with Gasteiger partial charge in [0.1, 0.15) is 35.8 Å². The maximum absolute atomic E-state index is 14.0. The van der Waals surface area contributed by atoms with Crippen LogP contribution in [0.2, 0.25) is 5.02 Å². The van der Waals surface area contributed by atoms with Gasteiger partial charge in [0.2, 0.25) is 29.5 Å². The zero-order valence-electron chi connectivity index (χ0n) is 44.6. The van der Waals surface area contributed by atoms with Gasteiger partial charge in [0.15, 0.2) is 0 Å². The van der Waals surface area contributed by atoms with Gasteiger partial charge in [-0.2, -0.15) is 0 Å². The van der Waals surface area contributed by atoms with E-state index in [9.17, 15) is 33.5 Å². The van der Waals surface area contributed by atoms with Gasteiger partial charge in [-0.15, -0.1) is 11.3 Å². The molecule has 5 aromatic rings. The average Bonchev–Trinajstić information content (AvgIpc) is 4.04. The molecule has 0 unspecified atom stereocenters. The molecule has 2 aliphatic rings. The lowest BCUT2D eigenvalue weighted by Crippen LogP contribution is -2.57. The van der Waals surface area contributed by atoms with Gasteiger partial charge in [-0.1, -0.05) is 94.8 Å². The summed E-state index contributed by atoms with van der Waals surface area (Å²) in [6.45, 7) is 10.1. The number of likely N-dealkylation sites (tertiary alicyclic amines) is 2. The topological polar surface area (TPSA) is 220 Å². The number of nitrogens with one attached hydrogen (secondary N) is 5. The number of ether oxygens (including phenoxy) is 1. The number of piperidine rings is 1. The maximum atomic E-state index is 14.0. The summed E-state index contributed by atoms with van der Waals surface area (Å²) in [4.78, 5) is 84.3. The van der Waals surface area contributed by atoms with E-state index < -0.39 is 29.4 Å². The second kappa shape index (κ2) is 27.7. The van der Waals surface area contributed by atoms with Crippen molar-refractivity contribution in [1.29, 1.82) is 0 Å². The average molecular weight is 1100 g/mol. The number of anilines is 3. The number of nitrogens with zero attached hydrogens (tertiary/aromatic N) is 5. The molecule has 2 aromatic heterocycles. The highest BCUT2D eigenvalue weighted by atomic mass is 35.5. The zero-order chi connectivity index (χ0) is 55.1. The summed E-state index contributed by atoms with van der Waals surface area (Å²) in [6.07, 6.45) is 12.6. The molecule has 2 saturated heterocycles. The number of carbonyl (C=O) groups is 5. The summed E-state index contributed by atoms with van der Waals surface area (Å²) in [6, 6.07) is 14.0. The molecule has 412 valence electrons. The third-order valence-corrected chi connectivity index (χ3v) is 15.3. The van der Waals surface area contributed by atoms with Crippen LogP contribution in [0.15, 0.2) is 78.6 Å². The van der Waals surface area contributed by atoms with Crippen LogP contribution in [0.1, 0.15) is 109 Å². The fraction of sp³-hybridized carbons (Fsp3) is 0.474. The first-order valence-electron chi connectivity index (χ1n) is 26.5. The molecule has 0 radical (unpaired) electrons. The molecular formula is C57H72ClFN10O7S. The van der Waals surface area contributed by atoms with Crippen LogP contribution in [0.3, 0.4) is 0 Å². The van der Waals surface area contributed by atoms with Gasteiger partial charge < -0.3 is 41.3 Å². The number of hydrogen-bond donors (Lipinski definition) is 6. The predicted octanol–water partition coefficient (Wildman–Crippen LogP) is 9.00. The minimum absolute atomic E-state index is 0.0175. The number of fused-ring (bicyclic) bond motifs is 1. The molecular weight excluding hydrogens is 1020 g/mol. The summed E-state index contributed by atoms with van der Waals surface area (Å²) in [5.74, 6) is -0.880. The fourth-order valence-electron chi connectivity index (χ4n) is 9.67. The van der Waals surface area contributed by atoms with Crippen molar-refractivity contribution in [3.05, 3.63) is 101 Å². The van der Waals surface area contributed by atoms with Gasteiger partial charge in [-0.25, -0.2) is 19.3 Å². The number of methoxy groups -OCH3 is 1. The number of aliphatic hydroxyl groups is 1. The molecule has 0 aliphatic carbocycles. The van der Waals surface area contributed by atoms with E-state index in [2.05, 4.69) is 46.4 Å². The van der Waals surface area contributed by atoms with Gasteiger partial charge in [0, 0.05) is 81.2 Å². The quantitative estimate of drug-likeness (QED) is 0.0252. The van der Waals surface area contributed by atoms with Crippen molar-refractivity contribution in [2.24, 2.45) is 5.41 Å². The third-order valence-electron chi connectivity index (χ3n) is 14.0. The van der Waals surface area contributed by atoms with Crippen LogP contribution in [0.5, 0.6) is 5.75 Å². The van der Waals surface area contributed by atoms with Crippen molar-refractivity contribution < 1.29 is 38.2 Å². The summed E-state index contributed by atoms with van der Waals surface area (Å²) < 4.78 is 19.3. The first-order valence-corrected chi connectivity index (χ1v) is 27.8. The summed E-state index contributed by atoms with van der Waals surface area (Å²) in [5, 5.41) is 26.3. The van der Waals surface area contributed by atoms with E-state index >= 15 is 0 Å². The molecule has 3 aromatic carbocycles. The number of carbonyl (C=O) groups excluding carboxylic acids is 5. The highest BCUT2D eigenvalue weighted by Gasteiger charge is 2.44. The number of halogens is 2. The second-order valence-corrected chi connectivity index (χ2v) is 22.3. The molecule has 0 saturated carbocycles. The van der Waals surface area contributed by atoms with Gasteiger partial charge >= 0.3 is 0 Å². The Morgan fingerprint density at radius 1 is 0.922 bits per heavy atom. The van der Waals surface area contributed by atoms with Crippen LogP contribution >= 0.6 is 22.9 Å². The standard InChI is InChI=1S/C57H72ClFN10O7S/c1-36-52(77-35-63-36)38-19-17-37(18-20-38)32-60-55(74)47-29-41(70)33-69(47)56(75)53(57(2,3)4)67-51(73)15-12-10-8-6-7-9-11-14-49(71)64-39-23-26-68(27-24-39)25-13-16-50(72)66-46-30-42-45(31-48(46)76-5)61-34-62-54(42)65-40-21-22-44(59)43(58)28-40/h13,16-22,28,30-31,34-35,39,41,47,53,70H,6-12,14-15,23-27,29,32-33H2,1-5H3,(H,60,74)(H,64,71)(H,66,72)(H,67,73)(H,61,62,65)/b16-13+/t41-,47+,53-/m1/s1. The Kier molecular flexibility index (Phi) is 20.9. The molecule has 20 heteroatoms. The highest BCUT2D eigenvalue weighted by molar-refractivity contribution is 7.13. The van der Waals surface area contributed by atoms with Crippen LogP contribution < -0.4 is 31.3 Å². The van der Waals surface area contributed by atoms with Crippen molar-refractivity contribution in [2.45, 2.75) is 136 Å². The Bertz CT molecular complexity index is 2870. The number of aryl methyl sites for hydroxylation is 1. The third kappa shape index (κ3) is 16.7. The Hall–Kier alpha value is -6.54. The number of hydrogen-bond acceptors (Lipinski definition) is 13. The molecule has 2 fully saturated rings. The molecule has 4 heterocycles. The number of thiazole rings is 1. The van der Waals surface area contributed by atoms with E-state index in [1.54, 1.807) is 29.5 Å². The Labute approximate surface area is 459 Å². The fourth-order valence-corrected chi connectivity index (χ4v) is 10.7. The molecule has 17 nitrogen and oxygen atoms in total. The van der Waals surface area contributed by atoms with Crippen LogP contribution in [0, 0.1) is 18.2 Å². The molecule has 7 rings (SSSR count). The molecule has 5 amide bonds. The van der Waals surface area contributed by atoms with E-state index in [1.165, 1.54) is 36.5 Å². The summed E-state index contributed by atoms with van der Waals surface area (Å²) >= 11 is 7.55. The Morgan fingerprint density at radius 3 is 2.29 bits per heavy atom. The number of aromatic nitrogens is 3. The lowest BCUT2D eigenvalue weighted by molar-refractivity contribution is -0.144. The van der Waals surface area contributed by atoms with E-state index in [-0.39, 0.29) is 66.5 Å². The normalized spacial score (nSPS) is 16.6. The Morgan fingerprint density at radius 2 is 1.62 bits per heavy atom. The number of amides is 5. The minimum Gasteiger partial charge on any atom is -0.494 e. The van der Waals surface area contributed by atoms with Crippen LogP contribution in [-0.2, 0) is 30.5 Å². The van der Waals surface area contributed by atoms with Crippen molar-refractivity contribution in [1.82, 2.24) is 40.7 Å². The maximum Gasteiger partial charge on any atom is 0.248 e. The molecule has 0 spiro atoms. The SMILES string of the molecule is COc1cc2ncnc(Nc3ccc(F)c(Cl)c3)c2cc1NC(=O)/C=C/CN1CCC(NC(=O)CCCCCCCCCC(=O)N[C@H](C(=O)N2C[C@H](O)C[C@H]2C(=O)NCc2ccc(-c3scnc3C)cc2)C(C)(C)C)CC1. The van der Waals surface area contributed by atoms with Crippen LogP contribution in [0.25, 0.3) is 21.3 Å². The number of rotatable bonds is 24. The van der Waals surface area contributed by atoms with Crippen molar-refractivity contribution in [2.75, 3.05) is 43.9 Å². The molecule has 77 heavy (non-hydrogen) atoms. The van der Waals surface area contributed by atoms with E-state index in [1.807, 2.05) is 63.5 Å². The lowest BCUT2D eigenvalue weighted by Gasteiger charge is -2.35. The van der Waals surface area contributed by atoms with Crippen molar-refractivity contribution >= 4 is 80.6 Å². The first kappa shape index (κ1) is 58.1. The molecule has 0 bridgehead atoms. The molecule has 6 N–H and O–H groups in total. The Balaban J connectivity index is 0.736. The molecule has 2 aliphatic heterocycles. The lowest BCUT2D eigenvalue weighted by atomic mass is 9.85. The minimum atomic E-state index is -0.871. The van der Waals surface area contributed by atoms with Gasteiger partial charge in [0.25, 0.3) is 0 Å². The summed E-state index contributed by atoms with van der Waals surface area (Å²) in [5.41, 5.74) is 5.64. The van der Waals surface area contributed by atoms with Crippen molar-refractivity contribution in [3.63, 3.8) is 0 Å². The number of benzene rings is 3. The number of aliphatic hydroxyl groups excluding tert-OH is 1. The summed E-state index contributed by atoms with van der Waals surface area (Å²) in [7, 11) is 1.51. The number of unbranched alkanes of at least 4 members (excludes halogenated alkanes) is 6. The second-order valence-electron chi connectivity index (χ2n) is 21.0. The van der Waals surface area contributed by atoms with Gasteiger partial charge in [-0.3, -0.25) is 28.9 Å². The van der Waals surface area contributed by atoms with Crippen LogP contribution in [-0.4, -0.2) is 117 Å². The van der Waals surface area contributed by atoms with Crippen LogP contribution in [0.4, 0.5) is 21.6 Å². The smallest absolute Gasteiger partial charge is 0.248 e. The number of β-amino-alcohol motifs (C(OH)–C–C–N with tert-alkyl or cyclic N) is 1.